The Balaban J connectivity index is 2.15. The van der Waals surface area contributed by atoms with Crippen LogP contribution in [0.2, 0.25) is 0 Å². The molecule has 1 aliphatic rings. The zero-order valence-corrected chi connectivity index (χ0v) is 13.2. The number of nitrogens with zero attached hydrogens (tertiary/aromatic N) is 1. The smallest absolute Gasteiger partial charge is 0.122 e. The number of hydrogen-bond donors (Lipinski definition) is 1. The van der Waals surface area contributed by atoms with Crippen LogP contribution < -0.4 is 5.32 Å². The maximum Gasteiger partial charge on any atom is 0.122 e. The average molecular weight is 282 g/mol. The van der Waals surface area contributed by atoms with Crippen molar-refractivity contribution in [1.29, 1.82) is 0 Å². The summed E-state index contributed by atoms with van der Waals surface area (Å²) in [5, 5.41) is 4.81. The summed E-state index contributed by atoms with van der Waals surface area (Å²) in [6.07, 6.45) is 6.07. The van der Waals surface area contributed by atoms with Crippen LogP contribution in [0.15, 0.2) is 0 Å². The minimum atomic E-state index is 0.187. The standard InChI is InChI=1S/C15H26N2OS/c1-4-10-16-11-8-7-9-13-14(11)17-15(19-13)12(5-2)18-6-3/h11-12,16H,4-10H2,1-3H3. The van der Waals surface area contributed by atoms with Crippen molar-refractivity contribution >= 4 is 11.3 Å². The molecule has 1 aliphatic carbocycles. The van der Waals surface area contributed by atoms with Gasteiger partial charge in [0.1, 0.15) is 11.1 Å². The van der Waals surface area contributed by atoms with E-state index in [2.05, 4.69) is 26.1 Å². The summed E-state index contributed by atoms with van der Waals surface area (Å²) >= 11 is 1.87. The van der Waals surface area contributed by atoms with E-state index in [9.17, 15) is 0 Å². The zero-order chi connectivity index (χ0) is 13.7. The van der Waals surface area contributed by atoms with E-state index in [0.717, 1.165) is 19.6 Å². The summed E-state index contributed by atoms with van der Waals surface area (Å²) in [4.78, 5) is 6.39. The quantitative estimate of drug-likeness (QED) is 0.820. The number of aromatic nitrogens is 1. The molecule has 0 bridgehead atoms. The molecule has 0 aromatic carbocycles. The number of thiazole rings is 1. The Morgan fingerprint density at radius 1 is 1.42 bits per heavy atom. The molecule has 1 aromatic rings. The van der Waals surface area contributed by atoms with Gasteiger partial charge in [-0.2, -0.15) is 0 Å². The van der Waals surface area contributed by atoms with Gasteiger partial charge < -0.3 is 10.1 Å². The third-order valence-electron chi connectivity index (χ3n) is 3.63. The number of rotatable bonds is 7. The Morgan fingerprint density at radius 3 is 2.95 bits per heavy atom. The van der Waals surface area contributed by atoms with Gasteiger partial charge in [0.25, 0.3) is 0 Å². The highest BCUT2D eigenvalue weighted by Crippen LogP contribution is 2.36. The van der Waals surface area contributed by atoms with Gasteiger partial charge in [-0.1, -0.05) is 13.8 Å². The number of fused-ring (bicyclic) bond motifs is 1. The number of hydrogen-bond acceptors (Lipinski definition) is 4. The lowest BCUT2D eigenvalue weighted by molar-refractivity contribution is 0.0595. The molecule has 0 radical (unpaired) electrons. The molecule has 1 aromatic heterocycles. The van der Waals surface area contributed by atoms with Crippen molar-refractivity contribution < 1.29 is 4.74 Å². The van der Waals surface area contributed by atoms with Crippen molar-refractivity contribution in [2.24, 2.45) is 0 Å². The highest BCUT2D eigenvalue weighted by molar-refractivity contribution is 7.11. The molecule has 0 fully saturated rings. The molecule has 0 amide bonds. The predicted molar refractivity (Wildman–Crippen MR) is 80.7 cm³/mol. The van der Waals surface area contributed by atoms with E-state index < -0.39 is 0 Å². The van der Waals surface area contributed by atoms with Crippen LogP contribution >= 0.6 is 11.3 Å². The lowest BCUT2D eigenvalue weighted by Gasteiger charge is -2.22. The second-order valence-electron chi connectivity index (χ2n) is 5.11. The maximum atomic E-state index is 5.80. The Bertz CT molecular complexity index is 391. The molecule has 4 heteroatoms. The van der Waals surface area contributed by atoms with Gasteiger partial charge in [0, 0.05) is 11.5 Å². The normalized spacial score (nSPS) is 20.3. The Morgan fingerprint density at radius 2 is 2.26 bits per heavy atom. The van der Waals surface area contributed by atoms with Crippen LogP contribution in [-0.4, -0.2) is 18.1 Å². The minimum absolute atomic E-state index is 0.187. The van der Waals surface area contributed by atoms with Gasteiger partial charge >= 0.3 is 0 Å². The molecule has 1 N–H and O–H groups in total. The van der Waals surface area contributed by atoms with Gasteiger partial charge in [-0.3, -0.25) is 0 Å². The number of nitrogens with one attached hydrogen (secondary N) is 1. The highest BCUT2D eigenvalue weighted by Gasteiger charge is 2.26. The summed E-state index contributed by atoms with van der Waals surface area (Å²) in [7, 11) is 0. The van der Waals surface area contributed by atoms with Crippen LogP contribution in [0.4, 0.5) is 0 Å². The summed E-state index contributed by atoms with van der Waals surface area (Å²) in [6.45, 7) is 8.29. The van der Waals surface area contributed by atoms with Crippen LogP contribution in [0, 0.1) is 0 Å². The predicted octanol–water partition coefficient (Wildman–Crippen LogP) is 4.01. The SMILES string of the molecule is CCCNC1CCCc2sc(C(CC)OCC)nc21. The van der Waals surface area contributed by atoms with Crippen molar-refractivity contribution in [2.75, 3.05) is 13.2 Å². The van der Waals surface area contributed by atoms with Gasteiger partial charge in [-0.25, -0.2) is 4.98 Å². The Kier molecular flexibility index (Phi) is 5.79. The van der Waals surface area contributed by atoms with Crippen molar-refractivity contribution in [2.45, 2.75) is 65.0 Å². The molecule has 2 unspecified atom stereocenters. The topological polar surface area (TPSA) is 34.1 Å². The third-order valence-corrected chi connectivity index (χ3v) is 4.85. The molecule has 0 spiro atoms. The van der Waals surface area contributed by atoms with Crippen molar-refractivity contribution in [1.82, 2.24) is 10.3 Å². The minimum Gasteiger partial charge on any atom is -0.371 e. The van der Waals surface area contributed by atoms with E-state index in [4.69, 9.17) is 9.72 Å². The van der Waals surface area contributed by atoms with E-state index >= 15 is 0 Å². The molecular weight excluding hydrogens is 256 g/mol. The fourth-order valence-electron chi connectivity index (χ4n) is 2.66. The van der Waals surface area contributed by atoms with E-state index in [1.54, 1.807) is 0 Å². The molecule has 108 valence electrons. The van der Waals surface area contributed by atoms with E-state index in [-0.39, 0.29) is 6.10 Å². The first-order chi connectivity index (χ1) is 9.30. The molecule has 2 atom stereocenters. The summed E-state index contributed by atoms with van der Waals surface area (Å²) < 4.78 is 5.80. The molecule has 1 heterocycles. The lowest BCUT2D eigenvalue weighted by Crippen LogP contribution is -2.25. The highest BCUT2D eigenvalue weighted by atomic mass is 32.1. The van der Waals surface area contributed by atoms with Gasteiger partial charge in [-0.15, -0.1) is 11.3 Å². The van der Waals surface area contributed by atoms with E-state index in [1.165, 1.54) is 41.3 Å². The summed E-state index contributed by atoms with van der Waals surface area (Å²) in [5.74, 6) is 0. The molecule has 0 aliphatic heterocycles. The monoisotopic (exact) mass is 282 g/mol. The van der Waals surface area contributed by atoms with Gasteiger partial charge in [-0.05, 0) is 45.6 Å². The maximum absolute atomic E-state index is 5.80. The first-order valence-corrected chi connectivity index (χ1v) is 8.46. The number of ether oxygens (including phenoxy) is 1. The van der Waals surface area contributed by atoms with Crippen LogP contribution in [0.3, 0.4) is 0 Å². The van der Waals surface area contributed by atoms with Crippen molar-refractivity contribution in [3.63, 3.8) is 0 Å². The van der Waals surface area contributed by atoms with Crippen LogP contribution in [-0.2, 0) is 11.2 Å². The second-order valence-corrected chi connectivity index (χ2v) is 6.23. The van der Waals surface area contributed by atoms with Gasteiger partial charge in [0.15, 0.2) is 0 Å². The molecule has 3 nitrogen and oxygen atoms in total. The molecule has 2 rings (SSSR count). The van der Waals surface area contributed by atoms with Crippen molar-refractivity contribution in [3.8, 4) is 0 Å². The molecule has 0 saturated heterocycles. The van der Waals surface area contributed by atoms with Gasteiger partial charge in [0.2, 0.25) is 0 Å². The van der Waals surface area contributed by atoms with E-state index in [1.807, 2.05) is 11.3 Å². The number of aryl methyl sites for hydroxylation is 1. The fraction of sp³-hybridized carbons (Fsp3) is 0.800. The molecule has 0 saturated carbocycles. The van der Waals surface area contributed by atoms with Crippen LogP contribution in [0.25, 0.3) is 0 Å². The second kappa shape index (κ2) is 7.36. The average Bonchev–Trinajstić information content (AvgIpc) is 2.86. The summed E-state index contributed by atoms with van der Waals surface area (Å²) in [5.41, 5.74) is 1.30. The zero-order valence-electron chi connectivity index (χ0n) is 12.4. The molecule has 19 heavy (non-hydrogen) atoms. The lowest BCUT2D eigenvalue weighted by atomic mass is 9.97. The fourth-order valence-corrected chi connectivity index (χ4v) is 3.96. The van der Waals surface area contributed by atoms with Crippen molar-refractivity contribution in [3.05, 3.63) is 15.6 Å². The third kappa shape index (κ3) is 3.56. The summed E-state index contributed by atoms with van der Waals surface area (Å²) in [6, 6.07) is 0.466. The first kappa shape index (κ1) is 14.9. The van der Waals surface area contributed by atoms with Crippen LogP contribution in [0.5, 0.6) is 0 Å². The first-order valence-electron chi connectivity index (χ1n) is 7.64. The van der Waals surface area contributed by atoms with Gasteiger partial charge in [0.05, 0.1) is 11.7 Å². The molecular formula is C15H26N2OS. The largest absolute Gasteiger partial charge is 0.371 e. The Hall–Kier alpha value is -0.450. The van der Waals surface area contributed by atoms with Crippen LogP contribution in [0.1, 0.15) is 74.2 Å². The Labute approximate surface area is 120 Å². The van der Waals surface area contributed by atoms with E-state index in [0.29, 0.717) is 6.04 Å².